The zero-order chi connectivity index (χ0) is 15.7. The summed E-state index contributed by atoms with van der Waals surface area (Å²) in [6.07, 6.45) is 3.70. The molecule has 120 valence electrons. The van der Waals surface area contributed by atoms with Crippen molar-refractivity contribution in [3.8, 4) is 0 Å². The first-order valence-electron chi connectivity index (χ1n) is 7.64. The normalized spacial score (nSPS) is 28.5. The molecule has 2 aromatic rings. The zero-order valence-corrected chi connectivity index (χ0v) is 13.4. The molecule has 4 unspecified atom stereocenters. The van der Waals surface area contributed by atoms with E-state index >= 15 is 0 Å². The van der Waals surface area contributed by atoms with Gasteiger partial charge >= 0.3 is 0 Å². The predicted octanol–water partition coefficient (Wildman–Crippen LogP) is 1.51. The maximum absolute atomic E-state index is 10.4. The van der Waals surface area contributed by atoms with Crippen molar-refractivity contribution in [2.45, 2.75) is 37.9 Å². The topological polar surface area (TPSA) is 108 Å². The van der Waals surface area contributed by atoms with Gasteiger partial charge in [0.15, 0.2) is 5.82 Å². The van der Waals surface area contributed by atoms with Crippen LogP contribution in [0.25, 0.3) is 11.0 Å². The second-order valence-corrected chi connectivity index (χ2v) is 7.03. The van der Waals surface area contributed by atoms with Gasteiger partial charge in [-0.25, -0.2) is 9.97 Å². The highest BCUT2D eigenvalue weighted by molar-refractivity contribution is 7.99. The van der Waals surface area contributed by atoms with Crippen LogP contribution in [0.5, 0.6) is 0 Å². The van der Waals surface area contributed by atoms with Gasteiger partial charge in [-0.05, 0) is 30.3 Å². The van der Waals surface area contributed by atoms with E-state index in [0.29, 0.717) is 11.3 Å². The first-order valence-corrected chi connectivity index (χ1v) is 8.80. The van der Waals surface area contributed by atoms with Crippen LogP contribution in [0.3, 0.4) is 0 Å². The van der Waals surface area contributed by atoms with Crippen molar-refractivity contribution >= 4 is 28.6 Å². The lowest BCUT2D eigenvalue weighted by atomic mass is 9.96. The Morgan fingerprint density at radius 1 is 1.36 bits per heavy atom. The summed E-state index contributed by atoms with van der Waals surface area (Å²) in [7, 11) is 0. The molecule has 22 heavy (non-hydrogen) atoms. The number of fused-ring (bicyclic) bond motifs is 1. The third-order valence-electron chi connectivity index (χ3n) is 4.40. The Hall–Kier alpha value is -1.31. The first-order chi connectivity index (χ1) is 10.6. The smallest absolute Gasteiger partial charge is 0.151 e. The van der Waals surface area contributed by atoms with Crippen LogP contribution in [-0.4, -0.2) is 48.9 Å². The van der Waals surface area contributed by atoms with Crippen molar-refractivity contribution in [2.24, 2.45) is 5.92 Å². The molecule has 0 saturated heterocycles. The lowest BCUT2D eigenvalue weighted by Gasteiger charge is -2.16. The molecule has 0 bridgehead atoms. The van der Waals surface area contributed by atoms with Crippen LogP contribution < -0.4 is 5.73 Å². The number of hydrogen-bond donors (Lipinski definition) is 4. The summed E-state index contributed by atoms with van der Waals surface area (Å²) in [4.78, 5) is 11.3. The minimum absolute atomic E-state index is 0.112. The first kappa shape index (κ1) is 15.6. The molecule has 6 nitrogen and oxygen atoms in total. The number of anilines is 1. The minimum Gasteiger partial charge on any atom is -0.390 e. The van der Waals surface area contributed by atoms with Crippen LogP contribution >= 0.6 is 11.8 Å². The fraction of sp³-hybridized carbons (Fsp3) is 0.600. The molecule has 0 amide bonds. The van der Waals surface area contributed by atoms with Crippen LogP contribution in [-0.2, 0) is 0 Å². The highest BCUT2D eigenvalue weighted by Gasteiger charge is 2.42. The van der Waals surface area contributed by atoms with E-state index in [0.717, 1.165) is 35.4 Å². The average molecular weight is 322 g/mol. The number of rotatable bonds is 5. The van der Waals surface area contributed by atoms with E-state index in [1.54, 1.807) is 0 Å². The van der Waals surface area contributed by atoms with E-state index in [-0.39, 0.29) is 11.8 Å². The third-order valence-corrected chi connectivity index (χ3v) is 5.76. The van der Waals surface area contributed by atoms with Crippen LogP contribution in [0.15, 0.2) is 12.5 Å². The van der Waals surface area contributed by atoms with Gasteiger partial charge in [0.1, 0.15) is 11.8 Å². The van der Waals surface area contributed by atoms with Gasteiger partial charge in [-0.1, -0.05) is 6.92 Å². The summed E-state index contributed by atoms with van der Waals surface area (Å²) in [6.45, 7) is 2.14. The Bertz CT molecular complexity index is 648. The lowest BCUT2D eigenvalue weighted by molar-refractivity contribution is 0.0190. The Balaban J connectivity index is 1.83. The number of nitrogen functional groups attached to an aromatic ring is 1. The second kappa shape index (κ2) is 6.44. The maximum Gasteiger partial charge on any atom is 0.151 e. The number of aromatic nitrogens is 3. The molecule has 0 radical (unpaired) electrons. The number of thioether (sulfide) groups is 1. The van der Waals surface area contributed by atoms with Gasteiger partial charge in [0.2, 0.25) is 0 Å². The highest BCUT2D eigenvalue weighted by atomic mass is 32.2. The Morgan fingerprint density at radius 3 is 2.95 bits per heavy atom. The number of nitrogens with one attached hydrogen (secondary N) is 1. The number of nitrogens with two attached hydrogens (primary N) is 1. The third kappa shape index (κ3) is 2.68. The van der Waals surface area contributed by atoms with Gasteiger partial charge in [0, 0.05) is 17.7 Å². The molecule has 4 atom stereocenters. The summed E-state index contributed by atoms with van der Waals surface area (Å²) < 4.78 is 0. The number of hydrogen-bond acceptors (Lipinski definition) is 6. The number of nitrogens with zero attached hydrogens (tertiary/aromatic N) is 2. The molecule has 1 saturated carbocycles. The van der Waals surface area contributed by atoms with Gasteiger partial charge < -0.3 is 20.9 Å². The molecule has 1 aliphatic carbocycles. The van der Waals surface area contributed by atoms with E-state index in [2.05, 4.69) is 21.9 Å². The molecule has 0 aromatic carbocycles. The van der Waals surface area contributed by atoms with Gasteiger partial charge in [-0.2, -0.15) is 11.8 Å². The Kier molecular flexibility index (Phi) is 4.56. The van der Waals surface area contributed by atoms with Crippen LogP contribution in [0.1, 0.15) is 31.2 Å². The van der Waals surface area contributed by atoms with Gasteiger partial charge in [0.05, 0.1) is 17.7 Å². The molecule has 7 heteroatoms. The van der Waals surface area contributed by atoms with E-state index in [1.165, 1.54) is 6.33 Å². The quantitative estimate of drug-likeness (QED) is 0.621. The Morgan fingerprint density at radius 2 is 2.18 bits per heavy atom. The maximum atomic E-state index is 10.4. The highest BCUT2D eigenvalue weighted by Crippen LogP contribution is 2.42. The van der Waals surface area contributed by atoms with Crippen LogP contribution in [0, 0.1) is 5.92 Å². The van der Waals surface area contributed by atoms with Gasteiger partial charge in [-0.3, -0.25) is 0 Å². The standard InChI is InChI=1S/C15H22N4O2S/c1-2-3-22-6-8-4-9(14(21)13(8)20)10-5-17-12-11(10)18-7-19-15(12)16/h5,7-9,13-14,17,20-21H,2-4,6H2,1H3,(H2,16,18,19). The van der Waals surface area contributed by atoms with Crippen LogP contribution in [0.2, 0.25) is 0 Å². The fourth-order valence-corrected chi connectivity index (χ4v) is 4.33. The summed E-state index contributed by atoms with van der Waals surface area (Å²) in [5, 5.41) is 20.8. The van der Waals surface area contributed by atoms with Crippen molar-refractivity contribution in [3.63, 3.8) is 0 Å². The molecular weight excluding hydrogens is 300 g/mol. The van der Waals surface area contributed by atoms with Crippen molar-refractivity contribution < 1.29 is 10.2 Å². The summed E-state index contributed by atoms with van der Waals surface area (Å²) in [5.41, 5.74) is 8.19. The van der Waals surface area contributed by atoms with Crippen molar-refractivity contribution in [3.05, 3.63) is 18.1 Å². The van der Waals surface area contributed by atoms with E-state index in [1.807, 2.05) is 18.0 Å². The summed E-state index contributed by atoms with van der Waals surface area (Å²) in [5.74, 6) is 2.35. The summed E-state index contributed by atoms with van der Waals surface area (Å²) >= 11 is 1.84. The Labute approximate surface area is 133 Å². The van der Waals surface area contributed by atoms with Crippen LogP contribution in [0.4, 0.5) is 5.82 Å². The average Bonchev–Trinajstić information content (AvgIpc) is 3.05. The molecule has 0 spiro atoms. The minimum atomic E-state index is -0.762. The molecule has 2 aromatic heterocycles. The lowest BCUT2D eigenvalue weighted by Crippen LogP contribution is -2.28. The molecular formula is C15H22N4O2S. The number of aliphatic hydroxyl groups is 2. The number of H-pyrrole nitrogens is 1. The second-order valence-electron chi connectivity index (χ2n) is 5.88. The molecule has 0 aliphatic heterocycles. The largest absolute Gasteiger partial charge is 0.390 e. The fourth-order valence-electron chi connectivity index (χ4n) is 3.24. The molecule has 5 N–H and O–H groups in total. The number of aliphatic hydroxyl groups excluding tert-OH is 2. The predicted molar refractivity (Wildman–Crippen MR) is 88.8 cm³/mol. The van der Waals surface area contributed by atoms with Crippen molar-refractivity contribution in [1.82, 2.24) is 15.0 Å². The molecule has 3 rings (SSSR count). The SMILES string of the molecule is CCCSCC1CC(c2c[nH]c3c(N)ncnc23)C(O)C1O. The monoisotopic (exact) mass is 322 g/mol. The molecule has 1 aliphatic rings. The van der Waals surface area contributed by atoms with Crippen molar-refractivity contribution in [2.75, 3.05) is 17.2 Å². The van der Waals surface area contributed by atoms with E-state index in [9.17, 15) is 10.2 Å². The number of aromatic amines is 1. The zero-order valence-electron chi connectivity index (χ0n) is 12.6. The van der Waals surface area contributed by atoms with E-state index < -0.39 is 12.2 Å². The molecule has 2 heterocycles. The van der Waals surface area contributed by atoms with Gasteiger partial charge in [-0.15, -0.1) is 0 Å². The van der Waals surface area contributed by atoms with Crippen molar-refractivity contribution in [1.29, 1.82) is 0 Å². The molecule has 1 fully saturated rings. The van der Waals surface area contributed by atoms with Gasteiger partial charge in [0.25, 0.3) is 0 Å². The van der Waals surface area contributed by atoms with E-state index in [4.69, 9.17) is 5.73 Å². The summed E-state index contributed by atoms with van der Waals surface area (Å²) in [6, 6.07) is 0.